The zero-order chi connectivity index (χ0) is 14.5. The topological polar surface area (TPSA) is 77.3 Å². The van der Waals surface area contributed by atoms with Gasteiger partial charge in [-0.1, -0.05) is 11.8 Å². The molecule has 7 heteroatoms. The minimum absolute atomic E-state index is 0.00943. The number of hydrogen-bond donors (Lipinski definition) is 1. The van der Waals surface area contributed by atoms with Crippen LogP contribution in [-0.4, -0.2) is 24.1 Å². The van der Waals surface area contributed by atoms with E-state index in [-0.39, 0.29) is 5.69 Å². The third-order valence-electron chi connectivity index (χ3n) is 2.57. The molecule has 0 bridgehead atoms. The number of methoxy groups -OCH3 is 1. The zero-order valence-corrected chi connectivity index (χ0v) is 11.8. The van der Waals surface area contributed by atoms with E-state index in [2.05, 4.69) is 10.3 Å². The fraction of sp³-hybridized carbons (Fsp3) is 0.154. The second-order valence-electron chi connectivity index (χ2n) is 3.81. The zero-order valence-electron chi connectivity index (χ0n) is 11.0. The lowest BCUT2D eigenvalue weighted by atomic mass is 10.3. The molecule has 0 aliphatic carbocycles. The van der Waals surface area contributed by atoms with Crippen LogP contribution in [0.3, 0.4) is 0 Å². The minimum Gasteiger partial charge on any atom is -0.497 e. The maximum atomic E-state index is 11.0. The molecular formula is C13H13N3O3S. The number of pyridine rings is 1. The molecule has 0 fully saturated rings. The Morgan fingerprint density at radius 2 is 1.95 bits per heavy atom. The van der Waals surface area contributed by atoms with E-state index in [1.54, 1.807) is 32.4 Å². The highest BCUT2D eigenvalue weighted by Gasteiger charge is 2.17. The molecule has 1 aromatic heterocycles. The molecule has 0 saturated carbocycles. The molecule has 0 spiro atoms. The van der Waals surface area contributed by atoms with Gasteiger partial charge in [0.05, 0.1) is 12.0 Å². The van der Waals surface area contributed by atoms with Crippen molar-refractivity contribution in [2.75, 3.05) is 19.5 Å². The van der Waals surface area contributed by atoms with Crippen LogP contribution in [-0.2, 0) is 0 Å². The molecule has 1 N–H and O–H groups in total. The molecule has 0 saturated heterocycles. The normalized spacial score (nSPS) is 10.1. The third-order valence-corrected chi connectivity index (χ3v) is 3.57. The Morgan fingerprint density at radius 3 is 2.50 bits per heavy atom. The van der Waals surface area contributed by atoms with Crippen molar-refractivity contribution in [3.05, 3.63) is 46.5 Å². The Kier molecular flexibility index (Phi) is 4.41. The van der Waals surface area contributed by atoms with E-state index in [1.165, 1.54) is 17.8 Å². The molecule has 6 nitrogen and oxygen atoms in total. The maximum Gasteiger partial charge on any atom is 0.301 e. The van der Waals surface area contributed by atoms with Gasteiger partial charge in [0.15, 0.2) is 5.03 Å². The van der Waals surface area contributed by atoms with Gasteiger partial charge >= 0.3 is 5.69 Å². The SMILES string of the molecule is CNc1ccc([N+](=O)[O-])c(Sc2ccc(OC)cc2)n1. The summed E-state index contributed by atoms with van der Waals surface area (Å²) in [6.45, 7) is 0. The van der Waals surface area contributed by atoms with Crippen LogP contribution in [0.1, 0.15) is 0 Å². The van der Waals surface area contributed by atoms with Gasteiger partial charge in [0.2, 0.25) is 0 Å². The molecule has 1 aromatic carbocycles. The number of aromatic nitrogens is 1. The average molecular weight is 291 g/mol. The first-order chi connectivity index (χ1) is 9.63. The largest absolute Gasteiger partial charge is 0.497 e. The summed E-state index contributed by atoms with van der Waals surface area (Å²) in [5.74, 6) is 1.33. The number of nitro groups is 1. The molecule has 0 atom stereocenters. The summed E-state index contributed by atoms with van der Waals surface area (Å²) in [4.78, 5) is 15.7. The van der Waals surface area contributed by atoms with E-state index in [0.29, 0.717) is 10.8 Å². The number of rotatable bonds is 5. The Labute approximate surface area is 120 Å². The smallest absolute Gasteiger partial charge is 0.301 e. The number of anilines is 1. The van der Waals surface area contributed by atoms with Crippen LogP contribution in [0.25, 0.3) is 0 Å². The van der Waals surface area contributed by atoms with Crippen LogP contribution >= 0.6 is 11.8 Å². The number of nitrogens with zero attached hydrogens (tertiary/aromatic N) is 2. The molecule has 2 aromatic rings. The van der Waals surface area contributed by atoms with E-state index < -0.39 is 4.92 Å². The van der Waals surface area contributed by atoms with Crippen molar-refractivity contribution in [2.24, 2.45) is 0 Å². The Bertz CT molecular complexity index is 617. The van der Waals surface area contributed by atoms with Gasteiger partial charge in [0.1, 0.15) is 11.6 Å². The average Bonchev–Trinajstić information content (AvgIpc) is 2.47. The summed E-state index contributed by atoms with van der Waals surface area (Å²) in [5, 5.41) is 14.2. The Morgan fingerprint density at radius 1 is 1.25 bits per heavy atom. The van der Waals surface area contributed by atoms with Crippen LogP contribution in [0.2, 0.25) is 0 Å². The quantitative estimate of drug-likeness (QED) is 0.673. The molecule has 1 heterocycles. The Balaban J connectivity index is 2.32. The van der Waals surface area contributed by atoms with Gasteiger partial charge in [-0.3, -0.25) is 10.1 Å². The highest BCUT2D eigenvalue weighted by atomic mass is 32.2. The van der Waals surface area contributed by atoms with Gasteiger partial charge in [-0.2, -0.15) is 0 Å². The van der Waals surface area contributed by atoms with Gasteiger partial charge in [-0.05, 0) is 30.3 Å². The minimum atomic E-state index is -0.432. The van der Waals surface area contributed by atoms with Gasteiger partial charge in [0, 0.05) is 18.0 Å². The number of benzene rings is 1. The highest BCUT2D eigenvalue weighted by Crippen LogP contribution is 2.34. The van der Waals surface area contributed by atoms with Gasteiger partial charge in [0.25, 0.3) is 0 Å². The first kappa shape index (κ1) is 14.1. The molecular weight excluding hydrogens is 278 g/mol. The summed E-state index contributed by atoms with van der Waals surface area (Å²) in [6, 6.07) is 10.3. The van der Waals surface area contributed by atoms with Crippen LogP contribution < -0.4 is 10.1 Å². The highest BCUT2D eigenvalue weighted by molar-refractivity contribution is 7.99. The van der Waals surface area contributed by atoms with Crippen molar-refractivity contribution in [3.63, 3.8) is 0 Å². The maximum absolute atomic E-state index is 11.0. The van der Waals surface area contributed by atoms with Crippen LogP contribution in [0.15, 0.2) is 46.3 Å². The van der Waals surface area contributed by atoms with E-state index in [0.717, 1.165) is 10.6 Å². The molecule has 0 aliphatic rings. The van der Waals surface area contributed by atoms with Crippen LogP contribution in [0.5, 0.6) is 5.75 Å². The summed E-state index contributed by atoms with van der Waals surface area (Å²) >= 11 is 1.24. The van der Waals surface area contributed by atoms with Gasteiger partial charge in [-0.15, -0.1) is 0 Å². The molecule has 0 aliphatic heterocycles. The monoisotopic (exact) mass is 291 g/mol. The second kappa shape index (κ2) is 6.25. The molecule has 0 amide bonds. The fourth-order valence-electron chi connectivity index (χ4n) is 1.54. The Hall–Kier alpha value is -2.28. The number of nitrogens with one attached hydrogen (secondary N) is 1. The summed E-state index contributed by atoms with van der Waals surface area (Å²) in [7, 11) is 3.31. The van der Waals surface area contributed by atoms with Gasteiger partial charge in [-0.25, -0.2) is 4.98 Å². The van der Waals surface area contributed by atoms with E-state index in [1.807, 2.05) is 12.1 Å². The molecule has 104 valence electrons. The predicted molar refractivity (Wildman–Crippen MR) is 77.6 cm³/mol. The van der Waals surface area contributed by atoms with E-state index >= 15 is 0 Å². The first-order valence-electron chi connectivity index (χ1n) is 5.79. The fourth-order valence-corrected chi connectivity index (χ4v) is 2.43. The predicted octanol–water partition coefficient (Wildman–Crippen LogP) is 3.19. The second-order valence-corrected chi connectivity index (χ2v) is 4.87. The number of hydrogen-bond acceptors (Lipinski definition) is 6. The summed E-state index contributed by atoms with van der Waals surface area (Å²) in [5.41, 5.74) is -0.00943. The van der Waals surface area contributed by atoms with Crippen LogP contribution in [0, 0.1) is 10.1 Å². The molecule has 2 rings (SSSR count). The molecule has 20 heavy (non-hydrogen) atoms. The van der Waals surface area contributed by atoms with Crippen molar-refractivity contribution in [1.82, 2.24) is 4.98 Å². The van der Waals surface area contributed by atoms with Gasteiger partial charge < -0.3 is 10.1 Å². The van der Waals surface area contributed by atoms with Crippen molar-refractivity contribution in [1.29, 1.82) is 0 Å². The number of ether oxygens (including phenoxy) is 1. The van der Waals surface area contributed by atoms with Crippen molar-refractivity contribution in [3.8, 4) is 5.75 Å². The lowest BCUT2D eigenvalue weighted by Crippen LogP contribution is -1.97. The lowest BCUT2D eigenvalue weighted by molar-refractivity contribution is -0.388. The summed E-state index contributed by atoms with van der Waals surface area (Å²) in [6.07, 6.45) is 0. The standard InChI is InChI=1S/C13H13N3O3S/c1-14-12-8-7-11(16(17)18)13(15-12)20-10-5-3-9(19-2)4-6-10/h3-8H,1-2H3,(H,14,15). The lowest BCUT2D eigenvalue weighted by Gasteiger charge is -2.06. The van der Waals surface area contributed by atoms with Crippen molar-refractivity contribution < 1.29 is 9.66 Å². The molecule has 0 radical (unpaired) electrons. The van der Waals surface area contributed by atoms with E-state index in [4.69, 9.17) is 4.74 Å². The summed E-state index contributed by atoms with van der Waals surface area (Å²) < 4.78 is 5.07. The van der Waals surface area contributed by atoms with Crippen molar-refractivity contribution in [2.45, 2.75) is 9.92 Å². The third kappa shape index (κ3) is 3.18. The molecule has 0 unspecified atom stereocenters. The van der Waals surface area contributed by atoms with Crippen LogP contribution in [0.4, 0.5) is 11.5 Å². The van der Waals surface area contributed by atoms with E-state index in [9.17, 15) is 10.1 Å². The van der Waals surface area contributed by atoms with Crippen molar-refractivity contribution >= 4 is 23.3 Å². The first-order valence-corrected chi connectivity index (χ1v) is 6.61.